The van der Waals surface area contributed by atoms with Crippen molar-refractivity contribution in [3.63, 3.8) is 0 Å². The minimum Gasteiger partial charge on any atom is -0.756 e. The number of quaternary nitrogens is 1. The largest absolute Gasteiger partial charge is 0.756 e. The maximum Gasteiger partial charge on any atom is 0.306 e. The van der Waals surface area contributed by atoms with E-state index in [1.54, 1.807) is 0 Å². The number of nitrogens with one attached hydrogen (secondary N) is 1. The fraction of sp³-hybridized carbons (Fsp3) is 0.881. The average molecular weight is 1110 g/mol. The molecule has 3 unspecified atom stereocenters. The highest BCUT2D eigenvalue weighted by atomic mass is 31.2. The molecule has 0 bridgehead atoms. The first-order chi connectivity index (χ1) is 37.4. The second kappa shape index (κ2) is 57.5. The number of hydrogen-bond donors (Lipinski definition) is 1. The van der Waals surface area contributed by atoms with Crippen molar-refractivity contribution < 1.29 is 37.3 Å². The molecule has 0 saturated heterocycles. The SMILES string of the molecule is CCCCC/C=C/C=C/CCCCCCCCC(=O)NC(COP(=O)([O-])OCC[N+](C)(C)C)C(/C=C\CCCCCCCCCCCCC)OC(=O)CCCCCCCCCCCCCCCCCCCCCCCCC. The van der Waals surface area contributed by atoms with Gasteiger partial charge in [0, 0.05) is 12.8 Å². The summed E-state index contributed by atoms with van der Waals surface area (Å²) >= 11 is 0. The number of likely N-dealkylation sites (N-methyl/N-ethyl adjacent to an activating group) is 1. The van der Waals surface area contributed by atoms with Crippen molar-refractivity contribution in [1.29, 1.82) is 0 Å². The summed E-state index contributed by atoms with van der Waals surface area (Å²) < 4.78 is 30.4. The highest BCUT2D eigenvalue weighted by Crippen LogP contribution is 2.38. The maximum atomic E-state index is 13.5. The normalized spacial score (nSPS) is 13.8. The van der Waals surface area contributed by atoms with Crippen LogP contribution < -0.4 is 10.2 Å². The van der Waals surface area contributed by atoms with Crippen LogP contribution in [0.15, 0.2) is 36.5 Å². The van der Waals surface area contributed by atoms with Gasteiger partial charge in [-0.2, -0.15) is 0 Å². The Hall–Kier alpha value is -1.77. The molecule has 1 N–H and O–H groups in total. The first-order valence-corrected chi connectivity index (χ1v) is 34.8. The van der Waals surface area contributed by atoms with Gasteiger partial charge in [0.15, 0.2) is 0 Å². The van der Waals surface area contributed by atoms with E-state index in [0.29, 0.717) is 17.4 Å². The van der Waals surface area contributed by atoms with E-state index >= 15 is 0 Å². The van der Waals surface area contributed by atoms with Gasteiger partial charge in [0.2, 0.25) is 5.91 Å². The number of carbonyl (C=O) groups is 2. The number of hydrogen-bond acceptors (Lipinski definition) is 7. The van der Waals surface area contributed by atoms with Crippen molar-refractivity contribution in [3.8, 4) is 0 Å². The Morgan fingerprint density at radius 3 is 1.17 bits per heavy atom. The Morgan fingerprint density at radius 2 is 0.779 bits per heavy atom. The second-order valence-electron chi connectivity index (χ2n) is 24.0. The molecule has 0 spiro atoms. The number of ether oxygens (including phenoxy) is 1. The maximum absolute atomic E-state index is 13.5. The van der Waals surface area contributed by atoms with Gasteiger partial charge in [-0.15, -0.1) is 0 Å². The zero-order valence-corrected chi connectivity index (χ0v) is 52.8. The van der Waals surface area contributed by atoms with E-state index in [0.717, 1.165) is 83.5 Å². The fourth-order valence-corrected chi connectivity index (χ4v) is 10.7. The molecule has 0 aromatic rings. The van der Waals surface area contributed by atoms with Gasteiger partial charge in [0.1, 0.15) is 19.3 Å². The average Bonchev–Trinajstić information content (AvgIpc) is 3.39. The Balaban J connectivity index is 5.13. The number of unbranched alkanes of at least 4 members (excludes halogenated alkanes) is 42. The molecule has 454 valence electrons. The highest BCUT2D eigenvalue weighted by Gasteiger charge is 2.27. The Bertz CT molecular complexity index is 1410. The summed E-state index contributed by atoms with van der Waals surface area (Å²) in [6.07, 6.45) is 69.7. The van der Waals surface area contributed by atoms with E-state index in [1.807, 2.05) is 33.3 Å². The van der Waals surface area contributed by atoms with Gasteiger partial charge >= 0.3 is 5.97 Å². The lowest BCUT2D eigenvalue weighted by Gasteiger charge is -2.30. The van der Waals surface area contributed by atoms with Gasteiger partial charge in [-0.3, -0.25) is 14.2 Å². The van der Waals surface area contributed by atoms with Gasteiger partial charge in [0.25, 0.3) is 7.82 Å². The van der Waals surface area contributed by atoms with Crippen LogP contribution in [0.1, 0.15) is 329 Å². The minimum absolute atomic E-state index is 0.0224. The molecule has 0 heterocycles. The summed E-state index contributed by atoms with van der Waals surface area (Å²) in [5.41, 5.74) is 0. The lowest BCUT2D eigenvalue weighted by molar-refractivity contribution is -0.870. The Morgan fingerprint density at radius 1 is 0.455 bits per heavy atom. The quantitative estimate of drug-likeness (QED) is 0.0161. The highest BCUT2D eigenvalue weighted by molar-refractivity contribution is 7.45. The molecule has 0 aromatic carbocycles. The third kappa shape index (κ3) is 58.7. The molecule has 10 heteroatoms. The van der Waals surface area contributed by atoms with Crippen LogP contribution in [0, 0.1) is 0 Å². The number of nitrogens with zero attached hydrogens (tertiary/aromatic N) is 1. The molecule has 0 saturated carbocycles. The van der Waals surface area contributed by atoms with Gasteiger partial charge in [-0.1, -0.05) is 295 Å². The summed E-state index contributed by atoms with van der Waals surface area (Å²) in [5, 5.41) is 3.03. The van der Waals surface area contributed by atoms with Crippen LogP contribution in [0.25, 0.3) is 0 Å². The molecule has 77 heavy (non-hydrogen) atoms. The summed E-state index contributed by atoms with van der Waals surface area (Å²) in [6, 6.07) is -0.891. The smallest absolute Gasteiger partial charge is 0.306 e. The predicted octanol–water partition coefficient (Wildman–Crippen LogP) is 20.0. The molecule has 0 fully saturated rings. The van der Waals surface area contributed by atoms with Crippen molar-refractivity contribution in [2.75, 3.05) is 40.9 Å². The molecule has 0 aliphatic rings. The van der Waals surface area contributed by atoms with Crippen LogP contribution in [-0.2, 0) is 27.9 Å². The summed E-state index contributed by atoms with van der Waals surface area (Å²) in [6.45, 7) is 6.85. The van der Waals surface area contributed by atoms with Crippen molar-refractivity contribution in [2.45, 2.75) is 341 Å². The standard InChI is InChI=1S/C67H129N2O7P/c1-7-10-13-16-19-22-25-28-30-31-32-33-34-35-36-37-39-42-45-48-51-54-57-60-67(71)76-65(58-55-52-49-46-43-40-27-24-21-18-15-12-9-3)64(63-75-77(72,73)74-62-61-69(4,5)6)68-66(70)59-56-53-50-47-44-41-38-29-26-23-20-17-14-11-8-2/h20,23,26,29,55,58,64-65H,7-19,21-22,24-25,27-28,30-54,56-57,59-63H2,1-6H3,(H-,68,70,72,73)/b23-20+,29-26+,58-55-. The van der Waals surface area contributed by atoms with Crippen LogP contribution in [-0.4, -0.2) is 69.4 Å². The first-order valence-electron chi connectivity index (χ1n) is 33.3. The topological polar surface area (TPSA) is 114 Å². The number of allylic oxidation sites excluding steroid dienone is 5. The van der Waals surface area contributed by atoms with E-state index in [1.165, 1.54) is 212 Å². The van der Waals surface area contributed by atoms with Crippen molar-refractivity contribution >= 4 is 19.7 Å². The molecule has 3 atom stereocenters. The molecule has 1 amide bonds. The van der Waals surface area contributed by atoms with Crippen LogP contribution in [0.4, 0.5) is 0 Å². The van der Waals surface area contributed by atoms with Crippen LogP contribution in [0.2, 0.25) is 0 Å². The van der Waals surface area contributed by atoms with Crippen molar-refractivity contribution in [3.05, 3.63) is 36.5 Å². The molecule has 0 aromatic heterocycles. The molecule has 0 rings (SSSR count). The van der Waals surface area contributed by atoms with E-state index in [4.69, 9.17) is 13.8 Å². The summed E-state index contributed by atoms with van der Waals surface area (Å²) in [7, 11) is 1.19. The van der Waals surface area contributed by atoms with Gasteiger partial charge in [0.05, 0.1) is 33.8 Å². The van der Waals surface area contributed by atoms with E-state index in [9.17, 15) is 19.0 Å². The summed E-state index contributed by atoms with van der Waals surface area (Å²) in [5.74, 6) is -0.538. The first kappa shape index (κ1) is 75.2. The predicted molar refractivity (Wildman–Crippen MR) is 330 cm³/mol. The van der Waals surface area contributed by atoms with Crippen LogP contribution >= 0.6 is 7.82 Å². The zero-order chi connectivity index (χ0) is 56.4. The minimum atomic E-state index is -4.70. The Kier molecular flexibility index (Phi) is 56.1. The monoisotopic (exact) mass is 1100 g/mol. The third-order valence-electron chi connectivity index (χ3n) is 15.1. The molecule has 9 nitrogen and oxygen atoms in total. The van der Waals surface area contributed by atoms with Crippen LogP contribution in [0.3, 0.4) is 0 Å². The fourth-order valence-electron chi connectivity index (χ4n) is 9.93. The second-order valence-corrected chi connectivity index (χ2v) is 25.4. The molecule has 0 aliphatic carbocycles. The Labute approximate surface area is 478 Å². The van der Waals surface area contributed by atoms with Crippen molar-refractivity contribution in [1.82, 2.24) is 5.32 Å². The number of rotatable bonds is 61. The lowest BCUT2D eigenvalue weighted by atomic mass is 10.0. The molecular weight excluding hydrogens is 976 g/mol. The number of phosphoric ester groups is 1. The van der Waals surface area contributed by atoms with Crippen LogP contribution in [0.5, 0.6) is 0 Å². The van der Waals surface area contributed by atoms with E-state index in [2.05, 4.69) is 50.4 Å². The van der Waals surface area contributed by atoms with Gasteiger partial charge in [-0.25, -0.2) is 0 Å². The number of amides is 1. The molecular formula is C67H129N2O7P. The van der Waals surface area contributed by atoms with E-state index < -0.39 is 20.0 Å². The van der Waals surface area contributed by atoms with Gasteiger partial charge < -0.3 is 28.5 Å². The van der Waals surface area contributed by atoms with Gasteiger partial charge in [-0.05, 0) is 57.4 Å². The van der Waals surface area contributed by atoms with E-state index in [-0.39, 0.29) is 31.5 Å². The number of esters is 1. The number of carbonyl (C=O) groups excluding carboxylic acids is 2. The molecule has 0 aliphatic heterocycles. The molecule has 0 radical (unpaired) electrons. The lowest BCUT2D eigenvalue weighted by Crippen LogP contribution is -2.47. The van der Waals surface area contributed by atoms with Crippen molar-refractivity contribution in [2.24, 2.45) is 0 Å². The number of phosphoric acid groups is 1. The third-order valence-corrected chi connectivity index (χ3v) is 16.1. The zero-order valence-electron chi connectivity index (χ0n) is 51.9. The summed E-state index contributed by atoms with van der Waals surface area (Å²) in [4.78, 5) is 40.1.